The molecule has 0 spiro atoms. The molecular formula is C11H14O2S. The van der Waals surface area contributed by atoms with Crippen LogP contribution in [0.5, 0.6) is 0 Å². The maximum absolute atomic E-state index is 11.6. The Morgan fingerprint density at radius 3 is 2.57 bits per heavy atom. The minimum atomic E-state index is -3.30. The Morgan fingerprint density at radius 2 is 2.07 bits per heavy atom. The lowest BCUT2D eigenvalue weighted by Crippen LogP contribution is -1.99. The van der Waals surface area contributed by atoms with Crippen LogP contribution in [-0.4, -0.2) is 8.42 Å². The van der Waals surface area contributed by atoms with E-state index in [1.165, 1.54) is 0 Å². The van der Waals surface area contributed by atoms with Crippen molar-refractivity contribution in [1.82, 2.24) is 0 Å². The smallest absolute Gasteiger partial charge is 0.199 e. The molecule has 1 aromatic rings. The van der Waals surface area contributed by atoms with Crippen LogP contribution in [0.2, 0.25) is 0 Å². The highest BCUT2D eigenvalue weighted by molar-refractivity contribution is 7.94. The molecule has 0 atom stereocenters. The van der Waals surface area contributed by atoms with E-state index in [4.69, 9.17) is 0 Å². The highest BCUT2D eigenvalue weighted by atomic mass is 32.2. The lowest BCUT2D eigenvalue weighted by atomic mass is 10.1. The molecule has 0 saturated carbocycles. The zero-order chi connectivity index (χ0) is 10.8. The van der Waals surface area contributed by atoms with Crippen LogP contribution in [0.1, 0.15) is 18.1 Å². The minimum absolute atomic E-state index is 0.367. The van der Waals surface area contributed by atoms with E-state index in [-0.39, 0.29) is 0 Å². The molecule has 0 aliphatic rings. The molecule has 76 valence electrons. The molecule has 2 nitrogen and oxygen atoms in total. The fourth-order valence-corrected chi connectivity index (χ4v) is 2.27. The predicted octanol–water partition coefficient (Wildman–Crippen LogP) is 2.47. The average Bonchev–Trinajstić information content (AvgIpc) is 2.18. The summed E-state index contributed by atoms with van der Waals surface area (Å²) in [5, 5.41) is 0.995. The maximum atomic E-state index is 11.6. The quantitative estimate of drug-likeness (QED) is 0.768. The zero-order valence-electron chi connectivity index (χ0n) is 8.45. The van der Waals surface area contributed by atoms with Crippen LogP contribution >= 0.6 is 0 Å². The van der Waals surface area contributed by atoms with Crippen molar-refractivity contribution in [3.05, 3.63) is 41.3 Å². The van der Waals surface area contributed by atoms with Crippen molar-refractivity contribution in [3.8, 4) is 0 Å². The van der Waals surface area contributed by atoms with Crippen LogP contribution in [0.4, 0.5) is 0 Å². The fraction of sp³-hybridized carbons (Fsp3) is 0.273. The van der Waals surface area contributed by atoms with Crippen molar-refractivity contribution in [1.29, 1.82) is 0 Å². The summed E-state index contributed by atoms with van der Waals surface area (Å²) < 4.78 is 23.1. The van der Waals surface area contributed by atoms with Crippen molar-refractivity contribution in [2.24, 2.45) is 0 Å². The van der Waals surface area contributed by atoms with E-state index in [1.807, 2.05) is 19.1 Å². The van der Waals surface area contributed by atoms with E-state index >= 15 is 0 Å². The Kier molecular flexibility index (Phi) is 3.11. The minimum Gasteiger partial charge on any atom is -0.219 e. The molecule has 3 heteroatoms. The molecule has 1 aromatic carbocycles. The van der Waals surface area contributed by atoms with Gasteiger partial charge in [0.05, 0.1) is 4.90 Å². The Hall–Kier alpha value is -1.09. The Bertz CT molecular complexity index is 444. The third kappa shape index (κ3) is 2.04. The van der Waals surface area contributed by atoms with Crippen molar-refractivity contribution >= 4 is 9.84 Å². The first-order valence-electron chi connectivity index (χ1n) is 4.48. The van der Waals surface area contributed by atoms with E-state index in [9.17, 15) is 8.42 Å². The summed E-state index contributed by atoms with van der Waals surface area (Å²) in [5.74, 6) is 0. The van der Waals surface area contributed by atoms with Gasteiger partial charge in [0.1, 0.15) is 0 Å². The van der Waals surface area contributed by atoms with Gasteiger partial charge in [-0.2, -0.15) is 0 Å². The number of hydrogen-bond acceptors (Lipinski definition) is 2. The van der Waals surface area contributed by atoms with E-state index in [0.29, 0.717) is 4.90 Å². The molecule has 0 N–H and O–H groups in total. The van der Waals surface area contributed by atoms with Crippen molar-refractivity contribution in [2.45, 2.75) is 25.2 Å². The first kappa shape index (κ1) is 11.0. The summed E-state index contributed by atoms with van der Waals surface area (Å²) >= 11 is 0. The first-order chi connectivity index (χ1) is 6.51. The second-order valence-electron chi connectivity index (χ2n) is 3.17. The molecular weight excluding hydrogens is 196 g/mol. The van der Waals surface area contributed by atoms with E-state index < -0.39 is 9.84 Å². The summed E-state index contributed by atoms with van der Waals surface area (Å²) in [6.07, 6.45) is 0.833. The van der Waals surface area contributed by atoms with E-state index in [1.54, 1.807) is 13.0 Å². The molecule has 1 rings (SSSR count). The van der Waals surface area contributed by atoms with Gasteiger partial charge in [-0.3, -0.25) is 0 Å². The lowest BCUT2D eigenvalue weighted by Gasteiger charge is -2.05. The second kappa shape index (κ2) is 3.96. The fourth-order valence-electron chi connectivity index (χ4n) is 1.26. The standard InChI is InChI=1S/C11H14O2S/c1-4-10-7-6-9(3)11(8-10)14(12,13)5-2/h5-8H,2,4H2,1,3H3. The molecule has 0 radical (unpaired) electrons. The van der Waals surface area contributed by atoms with Gasteiger partial charge in [-0.25, -0.2) is 8.42 Å². The Morgan fingerprint density at radius 1 is 1.43 bits per heavy atom. The monoisotopic (exact) mass is 210 g/mol. The molecule has 0 heterocycles. The van der Waals surface area contributed by atoms with Crippen LogP contribution < -0.4 is 0 Å². The molecule has 0 bridgehead atoms. The van der Waals surface area contributed by atoms with Crippen LogP contribution in [0, 0.1) is 6.92 Å². The third-order valence-electron chi connectivity index (χ3n) is 2.19. The van der Waals surface area contributed by atoms with Crippen LogP contribution in [-0.2, 0) is 16.3 Å². The van der Waals surface area contributed by atoms with Gasteiger partial charge in [-0.15, -0.1) is 0 Å². The summed E-state index contributed by atoms with van der Waals surface area (Å²) in [7, 11) is -3.30. The number of hydrogen-bond donors (Lipinski definition) is 0. The average molecular weight is 210 g/mol. The topological polar surface area (TPSA) is 34.1 Å². The highest BCUT2D eigenvalue weighted by Gasteiger charge is 2.12. The number of rotatable bonds is 3. The van der Waals surface area contributed by atoms with Gasteiger partial charge in [0.25, 0.3) is 0 Å². The molecule has 0 aromatic heterocycles. The van der Waals surface area contributed by atoms with Crippen LogP contribution in [0.15, 0.2) is 35.1 Å². The van der Waals surface area contributed by atoms with Crippen LogP contribution in [0.3, 0.4) is 0 Å². The van der Waals surface area contributed by atoms with Crippen molar-refractivity contribution in [2.75, 3.05) is 0 Å². The summed E-state index contributed by atoms with van der Waals surface area (Å²) in [6.45, 7) is 7.10. The second-order valence-corrected chi connectivity index (χ2v) is 5.03. The Balaban J connectivity index is 3.40. The largest absolute Gasteiger partial charge is 0.219 e. The summed E-state index contributed by atoms with van der Waals surface area (Å²) in [4.78, 5) is 0.367. The first-order valence-corrected chi connectivity index (χ1v) is 6.03. The molecule has 14 heavy (non-hydrogen) atoms. The third-order valence-corrected chi connectivity index (χ3v) is 3.68. The lowest BCUT2D eigenvalue weighted by molar-refractivity contribution is 0.604. The van der Waals surface area contributed by atoms with Gasteiger partial charge in [0.2, 0.25) is 0 Å². The van der Waals surface area contributed by atoms with Gasteiger partial charge in [0.15, 0.2) is 9.84 Å². The van der Waals surface area contributed by atoms with E-state index in [2.05, 4.69) is 6.58 Å². The van der Waals surface area contributed by atoms with Crippen LogP contribution in [0.25, 0.3) is 0 Å². The maximum Gasteiger partial charge on any atom is 0.199 e. The van der Waals surface area contributed by atoms with E-state index in [0.717, 1.165) is 23.0 Å². The van der Waals surface area contributed by atoms with Gasteiger partial charge < -0.3 is 0 Å². The molecule has 0 unspecified atom stereocenters. The predicted molar refractivity (Wildman–Crippen MR) is 57.9 cm³/mol. The van der Waals surface area contributed by atoms with Gasteiger partial charge in [0, 0.05) is 5.41 Å². The van der Waals surface area contributed by atoms with Gasteiger partial charge >= 0.3 is 0 Å². The van der Waals surface area contributed by atoms with Gasteiger partial charge in [-0.05, 0) is 30.5 Å². The molecule has 0 saturated heterocycles. The number of aryl methyl sites for hydroxylation is 2. The normalized spacial score (nSPS) is 11.3. The molecule has 0 aliphatic carbocycles. The number of benzene rings is 1. The Labute approximate surface area is 85.2 Å². The summed E-state index contributed by atoms with van der Waals surface area (Å²) in [5.41, 5.74) is 1.79. The zero-order valence-corrected chi connectivity index (χ0v) is 9.26. The highest BCUT2D eigenvalue weighted by Crippen LogP contribution is 2.19. The van der Waals surface area contributed by atoms with Crippen molar-refractivity contribution < 1.29 is 8.42 Å². The molecule has 0 amide bonds. The SMILES string of the molecule is C=CS(=O)(=O)c1cc(CC)ccc1C. The number of sulfone groups is 1. The summed E-state index contributed by atoms with van der Waals surface area (Å²) in [6, 6.07) is 5.49. The van der Waals surface area contributed by atoms with Crippen molar-refractivity contribution in [3.63, 3.8) is 0 Å². The van der Waals surface area contributed by atoms with Gasteiger partial charge in [-0.1, -0.05) is 25.6 Å². The molecule has 0 aliphatic heterocycles. The molecule has 0 fully saturated rings.